The van der Waals surface area contributed by atoms with Gasteiger partial charge >= 0.3 is 0 Å². The third-order valence-corrected chi connectivity index (χ3v) is 2.66. The molecule has 2 heterocycles. The molecular weight excluding hydrogens is 238 g/mol. The van der Waals surface area contributed by atoms with Gasteiger partial charge < -0.3 is 19.5 Å². The van der Waals surface area contributed by atoms with Crippen LogP contribution in [-0.2, 0) is 14.3 Å². The van der Waals surface area contributed by atoms with Crippen LogP contribution in [0.3, 0.4) is 0 Å². The Morgan fingerprint density at radius 2 is 2.50 bits per heavy atom. The van der Waals surface area contributed by atoms with Crippen molar-refractivity contribution >= 4 is 12.1 Å². The third-order valence-electron chi connectivity index (χ3n) is 2.66. The molecule has 1 atom stereocenters. The van der Waals surface area contributed by atoms with Crippen LogP contribution in [0.4, 0.5) is 5.69 Å². The molecule has 100 valence electrons. The van der Waals surface area contributed by atoms with Crippen LogP contribution in [0, 0.1) is 0 Å². The van der Waals surface area contributed by atoms with E-state index in [9.17, 15) is 4.79 Å². The zero-order chi connectivity index (χ0) is 13.0. The van der Waals surface area contributed by atoms with Crippen molar-refractivity contribution in [2.75, 3.05) is 32.2 Å². The maximum Gasteiger partial charge on any atom is 0.257 e. The Kier molecular flexibility index (Phi) is 4.16. The summed E-state index contributed by atoms with van der Waals surface area (Å²) in [7, 11) is 1.63. The second-order valence-corrected chi connectivity index (χ2v) is 4.17. The molecule has 7 heteroatoms. The first kappa shape index (κ1) is 12.8. The molecular formula is C11H17N3O4. The zero-order valence-corrected chi connectivity index (χ0v) is 10.5. The van der Waals surface area contributed by atoms with Crippen LogP contribution in [-0.4, -0.2) is 49.2 Å². The molecule has 1 amide bonds. The molecule has 18 heavy (non-hydrogen) atoms. The molecule has 1 aliphatic heterocycles. The van der Waals surface area contributed by atoms with Gasteiger partial charge in [-0.15, -0.1) is 5.10 Å². The number of methoxy groups -OCH3 is 1. The van der Waals surface area contributed by atoms with Crippen LogP contribution in [0.5, 0.6) is 5.88 Å². The minimum atomic E-state index is 0.0123. The summed E-state index contributed by atoms with van der Waals surface area (Å²) >= 11 is 0. The summed E-state index contributed by atoms with van der Waals surface area (Å²) in [4.78, 5) is 10.5. The lowest BCUT2D eigenvalue weighted by molar-refractivity contribution is -0.105. The van der Waals surface area contributed by atoms with Gasteiger partial charge in [0.15, 0.2) is 0 Å². The number of hydrogen-bond donors (Lipinski definition) is 1. The standard InChI is InChI=1S/C11H17N3O4/c1-8(4-16-2)14-3-10(12-7-15)11(13-14)18-9-5-17-6-9/h3,7-9H,4-6H2,1-2H3,(H,12,15). The maximum atomic E-state index is 10.5. The number of nitrogens with zero attached hydrogens (tertiary/aromatic N) is 2. The summed E-state index contributed by atoms with van der Waals surface area (Å²) in [6.45, 7) is 3.62. The van der Waals surface area contributed by atoms with Crippen molar-refractivity contribution in [1.29, 1.82) is 0 Å². The largest absolute Gasteiger partial charge is 0.467 e. The lowest BCUT2D eigenvalue weighted by Crippen LogP contribution is -2.38. The summed E-state index contributed by atoms with van der Waals surface area (Å²) in [5, 5.41) is 6.88. The van der Waals surface area contributed by atoms with E-state index in [2.05, 4.69) is 10.4 Å². The Morgan fingerprint density at radius 1 is 1.72 bits per heavy atom. The van der Waals surface area contributed by atoms with E-state index in [1.165, 1.54) is 0 Å². The number of nitrogens with one attached hydrogen (secondary N) is 1. The van der Waals surface area contributed by atoms with E-state index in [-0.39, 0.29) is 12.1 Å². The van der Waals surface area contributed by atoms with E-state index < -0.39 is 0 Å². The number of ether oxygens (including phenoxy) is 3. The fraction of sp³-hybridized carbons (Fsp3) is 0.636. The van der Waals surface area contributed by atoms with Crippen LogP contribution in [0.25, 0.3) is 0 Å². The minimum absolute atomic E-state index is 0.0123. The van der Waals surface area contributed by atoms with Crippen LogP contribution in [0.15, 0.2) is 6.20 Å². The van der Waals surface area contributed by atoms with Crippen molar-refractivity contribution in [2.24, 2.45) is 0 Å². The summed E-state index contributed by atoms with van der Waals surface area (Å²) in [6, 6.07) is 0.0668. The van der Waals surface area contributed by atoms with Crippen molar-refractivity contribution < 1.29 is 19.0 Å². The fourth-order valence-electron chi connectivity index (χ4n) is 1.61. The Labute approximate surface area is 105 Å². The molecule has 1 N–H and O–H groups in total. The molecule has 0 radical (unpaired) electrons. The van der Waals surface area contributed by atoms with E-state index in [0.29, 0.717) is 37.8 Å². The van der Waals surface area contributed by atoms with Crippen molar-refractivity contribution in [3.63, 3.8) is 0 Å². The van der Waals surface area contributed by atoms with Gasteiger partial charge in [-0.1, -0.05) is 0 Å². The number of carbonyl (C=O) groups is 1. The molecule has 7 nitrogen and oxygen atoms in total. The number of amides is 1. The normalized spacial score (nSPS) is 17.0. The Morgan fingerprint density at radius 3 is 3.06 bits per heavy atom. The average molecular weight is 255 g/mol. The number of hydrogen-bond acceptors (Lipinski definition) is 5. The Hall–Kier alpha value is -1.60. The molecule has 2 rings (SSSR count). The van der Waals surface area contributed by atoms with Crippen molar-refractivity contribution in [2.45, 2.75) is 19.1 Å². The topological polar surface area (TPSA) is 74.6 Å². The molecule has 1 fully saturated rings. The van der Waals surface area contributed by atoms with E-state index in [0.717, 1.165) is 0 Å². The second kappa shape index (κ2) is 5.83. The zero-order valence-electron chi connectivity index (χ0n) is 10.5. The van der Waals surface area contributed by atoms with Crippen LogP contribution >= 0.6 is 0 Å². The fourth-order valence-corrected chi connectivity index (χ4v) is 1.61. The molecule has 1 aromatic heterocycles. The van der Waals surface area contributed by atoms with Gasteiger partial charge in [0.2, 0.25) is 6.41 Å². The van der Waals surface area contributed by atoms with Gasteiger partial charge in [-0.25, -0.2) is 0 Å². The molecule has 0 spiro atoms. The van der Waals surface area contributed by atoms with Gasteiger partial charge in [0.05, 0.1) is 32.1 Å². The van der Waals surface area contributed by atoms with E-state index in [1.807, 2.05) is 6.92 Å². The lowest BCUT2D eigenvalue weighted by atomic mass is 10.3. The monoisotopic (exact) mass is 255 g/mol. The first-order chi connectivity index (χ1) is 8.74. The van der Waals surface area contributed by atoms with Gasteiger partial charge in [0.25, 0.3) is 5.88 Å². The number of carbonyl (C=O) groups excluding carboxylic acids is 1. The van der Waals surface area contributed by atoms with Gasteiger partial charge in [0, 0.05) is 7.11 Å². The predicted octanol–water partition coefficient (Wildman–Crippen LogP) is 0.436. The number of aromatic nitrogens is 2. The van der Waals surface area contributed by atoms with Crippen molar-refractivity contribution in [1.82, 2.24) is 9.78 Å². The summed E-state index contributed by atoms with van der Waals surface area (Å²) in [5.74, 6) is 0.415. The Balaban J connectivity index is 2.11. The highest BCUT2D eigenvalue weighted by Crippen LogP contribution is 2.26. The highest BCUT2D eigenvalue weighted by molar-refractivity contribution is 5.73. The molecule has 0 aromatic carbocycles. The van der Waals surface area contributed by atoms with Crippen LogP contribution in [0.1, 0.15) is 13.0 Å². The highest BCUT2D eigenvalue weighted by atomic mass is 16.6. The van der Waals surface area contributed by atoms with E-state index in [4.69, 9.17) is 14.2 Å². The molecule has 1 aromatic rings. The van der Waals surface area contributed by atoms with Crippen LogP contribution in [0.2, 0.25) is 0 Å². The molecule has 1 unspecified atom stereocenters. The smallest absolute Gasteiger partial charge is 0.257 e. The third kappa shape index (κ3) is 2.80. The Bertz CT molecular complexity index is 403. The van der Waals surface area contributed by atoms with Crippen molar-refractivity contribution in [3.8, 4) is 5.88 Å². The summed E-state index contributed by atoms with van der Waals surface area (Å²) < 4.78 is 17.4. The molecule has 0 saturated carbocycles. The second-order valence-electron chi connectivity index (χ2n) is 4.17. The molecule has 1 saturated heterocycles. The van der Waals surface area contributed by atoms with Gasteiger partial charge in [-0.3, -0.25) is 9.48 Å². The van der Waals surface area contributed by atoms with E-state index >= 15 is 0 Å². The first-order valence-electron chi connectivity index (χ1n) is 5.77. The number of rotatable bonds is 7. The minimum Gasteiger partial charge on any atom is -0.467 e. The quantitative estimate of drug-likeness (QED) is 0.715. The van der Waals surface area contributed by atoms with Gasteiger partial charge in [-0.05, 0) is 6.92 Å². The maximum absolute atomic E-state index is 10.5. The predicted molar refractivity (Wildman–Crippen MR) is 63.7 cm³/mol. The SMILES string of the molecule is COCC(C)n1cc(NC=O)c(OC2COC2)n1. The molecule has 0 bridgehead atoms. The van der Waals surface area contributed by atoms with E-state index in [1.54, 1.807) is 18.0 Å². The highest BCUT2D eigenvalue weighted by Gasteiger charge is 2.23. The van der Waals surface area contributed by atoms with Crippen molar-refractivity contribution in [3.05, 3.63) is 6.20 Å². The molecule has 1 aliphatic rings. The molecule has 0 aliphatic carbocycles. The van der Waals surface area contributed by atoms with Gasteiger partial charge in [0.1, 0.15) is 11.8 Å². The number of anilines is 1. The average Bonchev–Trinajstić information content (AvgIpc) is 2.68. The summed E-state index contributed by atoms with van der Waals surface area (Å²) in [6.07, 6.45) is 2.35. The van der Waals surface area contributed by atoms with Crippen LogP contribution < -0.4 is 10.1 Å². The summed E-state index contributed by atoms with van der Waals surface area (Å²) in [5.41, 5.74) is 0.555. The van der Waals surface area contributed by atoms with Gasteiger partial charge in [-0.2, -0.15) is 0 Å². The lowest BCUT2D eigenvalue weighted by Gasteiger charge is -2.25. The first-order valence-corrected chi connectivity index (χ1v) is 5.77.